The van der Waals surface area contributed by atoms with Crippen LogP contribution < -0.4 is 9.80 Å². The largest absolute Gasteiger partial charge is 0.369 e. The van der Waals surface area contributed by atoms with E-state index in [4.69, 9.17) is 23.2 Å². The van der Waals surface area contributed by atoms with Gasteiger partial charge in [0.15, 0.2) is 0 Å². The maximum Gasteiger partial charge on any atom is 0.258 e. The highest BCUT2D eigenvalue weighted by Gasteiger charge is 2.28. The quantitative estimate of drug-likeness (QED) is 0.344. The summed E-state index contributed by atoms with van der Waals surface area (Å²) in [6.07, 6.45) is 4.60. The fourth-order valence-corrected chi connectivity index (χ4v) is 5.36. The Kier molecular flexibility index (Phi) is 6.77. The lowest BCUT2D eigenvalue weighted by Crippen LogP contribution is -2.46. The molecule has 0 saturated carbocycles. The molecular weight excluding hydrogens is 453 g/mol. The van der Waals surface area contributed by atoms with Crippen molar-refractivity contribution in [3.63, 3.8) is 0 Å². The minimum Gasteiger partial charge on any atom is -0.369 e. The van der Waals surface area contributed by atoms with Crippen LogP contribution in [-0.2, 0) is 0 Å². The van der Waals surface area contributed by atoms with Gasteiger partial charge in [0, 0.05) is 49.4 Å². The van der Waals surface area contributed by atoms with Crippen molar-refractivity contribution in [2.24, 2.45) is 0 Å². The van der Waals surface area contributed by atoms with Crippen LogP contribution >= 0.6 is 23.2 Å². The van der Waals surface area contributed by atoms with Crippen LogP contribution in [0.15, 0.2) is 54.6 Å². The number of hydrogen-bond acceptors (Lipinski definition) is 3. The standard InChI is InChI=1S/C27H29Cl2N3O/c28-23-12-11-21(19-24(23)29)31-17-15-30(16-18-31)13-3-1-2-4-14-32-25-10-6-8-20-7-5-9-22(26(20)25)27(32)33/h5-12,19H,1-4,13-18H2. The molecule has 0 N–H and O–H groups in total. The van der Waals surface area contributed by atoms with E-state index in [1.54, 1.807) is 0 Å². The summed E-state index contributed by atoms with van der Waals surface area (Å²) in [4.78, 5) is 19.8. The Morgan fingerprint density at radius 2 is 1.48 bits per heavy atom. The normalized spacial score (nSPS) is 16.2. The number of anilines is 2. The van der Waals surface area contributed by atoms with Crippen LogP contribution in [0.25, 0.3) is 10.8 Å². The Balaban J connectivity index is 1.02. The summed E-state index contributed by atoms with van der Waals surface area (Å²) in [6.45, 7) is 6.12. The lowest BCUT2D eigenvalue weighted by molar-refractivity contribution is 0.0992. The molecule has 2 aliphatic rings. The topological polar surface area (TPSA) is 26.8 Å². The van der Waals surface area contributed by atoms with Gasteiger partial charge in [0.1, 0.15) is 0 Å². The van der Waals surface area contributed by atoms with Gasteiger partial charge in [-0.1, -0.05) is 60.3 Å². The Hall–Kier alpha value is -2.27. The van der Waals surface area contributed by atoms with Crippen LogP contribution in [0.1, 0.15) is 36.0 Å². The number of rotatable bonds is 8. The second-order valence-electron chi connectivity index (χ2n) is 8.98. The number of hydrogen-bond donors (Lipinski definition) is 0. The van der Waals surface area contributed by atoms with Gasteiger partial charge in [0.2, 0.25) is 0 Å². The first kappa shape index (κ1) is 22.5. The predicted molar refractivity (Wildman–Crippen MR) is 139 cm³/mol. The van der Waals surface area contributed by atoms with Gasteiger partial charge in [-0.3, -0.25) is 9.69 Å². The van der Waals surface area contributed by atoms with Crippen molar-refractivity contribution in [1.29, 1.82) is 0 Å². The second-order valence-corrected chi connectivity index (χ2v) is 9.79. The van der Waals surface area contributed by atoms with E-state index in [-0.39, 0.29) is 5.91 Å². The molecule has 0 radical (unpaired) electrons. The number of piperazine rings is 1. The molecule has 0 spiro atoms. The number of unbranched alkanes of at least 4 members (excludes halogenated alkanes) is 3. The van der Waals surface area contributed by atoms with Crippen LogP contribution in [0, 0.1) is 0 Å². The Labute approximate surface area is 205 Å². The molecule has 6 heteroatoms. The number of carbonyl (C=O) groups is 1. The third-order valence-electron chi connectivity index (χ3n) is 6.90. The van der Waals surface area contributed by atoms with Crippen LogP contribution in [0.2, 0.25) is 10.0 Å². The van der Waals surface area contributed by atoms with Crippen molar-refractivity contribution in [1.82, 2.24) is 4.90 Å². The van der Waals surface area contributed by atoms with E-state index < -0.39 is 0 Å². The predicted octanol–water partition coefficient (Wildman–Crippen LogP) is 6.49. The molecule has 3 aromatic rings. The van der Waals surface area contributed by atoms with Crippen molar-refractivity contribution in [2.75, 3.05) is 49.1 Å². The molecule has 0 atom stereocenters. The van der Waals surface area contributed by atoms with Gasteiger partial charge in [-0.15, -0.1) is 0 Å². The van der Waals surface area contributed by atoms with Crippen molar-refractivity contribution in [3.05, 3.63) is 70.2 Å². The number of nitrogens with zero attached hydrogens (tertiary/aromatic N) is 3. The van der Waals surface area contributed by atoms with Gasteiger partial charge >= 0.3 is 0 Å². The zero-order valence-electron chi connectivity index (χ0n) is 18.8. The Bertz CT molecular complexity index is 1150. The SMILES string of the molecule is O=C1c2cccc3cccc(c23)N1CCCCCCN1CCN(c2ccc(Cl)c(Cl)c2)CC1. The first-order valence-electron chi connectivity index (χ1n) is 11.9. The van der Waals surface area contributed by atoms with Gasteiger partial charge in [0.25, 0.3) is 5.91 Å². The highest BCUT2D eigenvalue weighted by molar-refractivity contribution is 6.42. The van der Waals surface area contributed by atoms with Gasteiger partial charge in [0.05, 0.1) is 15.7 Å². The molecular formula is C27H29Cl2N3O. The molecule has 3 aromatic carbocycles. The lowest BCUT2D eigenvalue weighted by atomic mass is 10.1. The molecule has 1 fully saturated rings. The molecule has 4 nitrogen and oxygen atoms in total. The average molecular weight is 482 g/mol. The first-order valence-corrected chi connectivity index (χ1v) is 12.6. The molecule has 0 unspecified atom stereocenters. The molecule has 0 aliphatic carbocycles. The van der Waals surface area contributed by atoms with Crippen molar-refractivity contribution >= 4 is 51.3 Å². The Morgan fingerprint density at radius 3 is 2.24 bits per heavy atom. The van der Waals surface area contributed by atoms with Gasteiger partial charge in [-0.25, -0.2) is 0 Å². The van der Waals surface area contributed by atoms with E-state index in [2.05, 4.69) is 28.0 Å². The maximum atomic E-state index is 12.9. The second kappa shape index (κ2) is 9.92. The van der Waals surface area contributed by atoms with Crippen LogP contribution in [-0.4, -0.2) is 50.1 Å². The van der Waals surface area contributed by atoms with E-state index in [0.29, 0.717) is 10.0 Å². The zero-order valence-corrected chi connectivity index (χ0v) is 20.3. The molecule has 2 heterocycles. The monoisotopic (exact) mass is 481 g/mol. The van der Waals surface area contributed by atoms with Gasteiger partial charge in [-0.2, -0.15) is 0 Å². The van der Waals surface area contributed by atoms with Crippen molar-refractivity contribution in [3.8, 4) is 0 Å². The highest BCUT2D eigenvalue weighted by Crippen LogP contribution is 2.37. The fraction of sp³-hybridized carbons (Fsp3) is 0.370. The lowest BCUT2D eigenvalue weighted by Gasteiger charge is -2.36. The minimum absolute atomic E-state index is 0.154. The minimum atomic E-state index is 0.154. The first-order chi connectivity index (χ1) is 16.1. The number of carbonyl (C=O) groups excluding carboxylic acids is 1. The fourth-order valence-electron chi connectivity index (χ4n) is 5.07. The molecule has 172 valence electrons. The summed E-state index contributed by atoms with van der Waals surface area (Å²) in [5.74, 6) is 0.154. The molecule has 1 amide bonds. The summed E-state index contributed by atoms with van der Waals surface area (Å²) >= 11 is 12.2. The summed E-state index contributed by atoms with van der Waals surface area (Å²) in [7, 11) is 0. The summed E-state index contributed by atoms with van der Waals surface area (Å²) in [5, 5.41) is 3.49. The van der Waals surface area contributed by atoms with E-state index in [1.807, 2.05) is 41.3 Å². The van der Waals surface area contributed by atoms with Crippen molar-refractivity contribution < 1.29 is 4.79 Å². The summed E-state index contributed by atoms with van der Waals surface area (Å²) in [5.41, 5.74) is 3.08. The van der Waals surface area contributed by atoms with Crippen LogP contribution in [0.5, 0.6) is 0 Å². The third kappa shape index (κ3) is 4.70. The maximum absolute atomic E-state index is 12.9. The van der Waals surface area contributed by atoms with Crippen molar-refractivity contribution in [2.45, 2.75) is 25.7 Å². The van der Waals surface area contributed by atoms with E-state index in [0.717, 1.165) is 79.8 Å². The molecule has 1 saturated heterocycles. The zero-order chi connectivity index (χ0) is 22.8. The Morgan fingerprint density at radius 1 is 0.758 bits per heavy atom. The van der Waals surface area contributed by atoms with Crippen LogP contribution in [0.4, 0.5) is 11.4 Å². The van der Waals surface area contributed by atoms with E-state index in [9.17, 15) is 4.79 Å². The van der Waals surface area contributed by atoms with Gasteiger partial charge in [-0.05, 0) is 55.1 Å². The van der Waals surface area contributed by atoms with Gasteiger partial charge < -0.3 is 9.80 Å². The molecule has 0 bridgehead atoms. The average Bonchev–Trinajstić information content (AvgIpc) is 3.11. The number of halogens is 2. The number of amides is 1. The summed E-state index contributed by atoms with van der Waals surface area (Å²) in [6, 6.07) is 18.1. The molecule has 2 aliphatic heterocycles. The third-order valence-corrected chi connectivity index (χ3v) is 7.63. The summed E-state index contributed by atoms with van der Waals surface area (Å²) < 4.78 is 0. The van der Waals surface area contributed by atoms with Crippen LogP contribution in [0.3, 0.4) is 0 Å². The molecule has 0 aromatic heterocycles. The van der Waals surface area contributed by atoms with E-state index >= 15 is 0 Å². The number of benzene rings is 3. The smallest absolute Gasteiger partial charge is 0.258 e. The van der Waals surface area contributed by atoms with E-state index in [1.165, 1.54) is 12.8 Å². The molecule has 33 heavy (non-hydrogen) atoms. The highest BCUT2D eigenvalue weighted by atomic mass is 35.5. The molecule has 5 rings (SSSR count).